The molecule has 0 rings (SSSR count). The van der Waals surface area contributed by atoms with Gasteiger partial charge in [0.1, 0.15) is 13.2 Å². The van der Waals surface area contributed by atoms with Gasteiger partial charge in [-0.3, -0.25) is 9.36 Å². The lowest BCUT2D eigenvalue weighted by Gasteiger charge is -2.29. The van der Waals surface area contributed by atoms with Crippen LogP contribution in [-0.4, -0.2) is 68.5 Å². The fraction of sp³-hybridized carbons (Fsp3) is 0.922. The van der Waals surface area contributed by atoms with E-state index in [4.69, 9.17) is 9.05 Å². The molecule has 2 N–H and O–H groups in total. The Morgan fingerprint density at radius 3 is 1.11 bits per heavy atom. The van der Waals surface area contributed by atoms with Gasteiger partial charge in [0.15, 0.2) is 0 Å². The Hall–Kier alpha value is -1.02. The van der Waals surface area contributed by atoms with Gasteiger partial charge in [-0.1, -0.05) is 314 Å². The van der Waals surface area contributed by atoms with Crippen molar-refractivity contribution in [1.29, 1.82) is 0 Å². The van der Waals surface area contributed by atoms with Gasteiger partial charge in [0.2, 0.25) is 5.91 Å². The number of phosphoric ester groups is 1. The Labute approximate surface area is 455 Å². The first-order valence-electron chi connectivity index (χ1n) is 32.2. The zero-order chi connectivity index (χ0) is 53.5. The van der Waals surface area contributed by atoms with Crippen molar-refractivity contribution in [2.24, 2.45) is 0 Å². The van der Waals surface area contributed by atoms with Crippen LogP contribution in [0.2, 0.25) is 0 Å². The number of likely N-dealkylation sites (N-methyl/N-ethyl adjacent to an activating group) is 1. The molecule has 0 fully saturated rings. The molecular weight excluding hydrogens is 924 g/mol. The van der Waals surface area contributed by atoms with Crippen LogP contribution in [0.1, 0.15) is 328 Å². The van der Waals surface area contributed by atoms with Gasteiger partial charge < -0.3 is 28.8 Å². The topological polar surface area (TPSA) is 108 Å². The van der Waals surface area contributed by atoms with E-state index in [0.717, 1.165) is 38.5 Å². The molecule has 1 amide bonds. The summed E-state index contributed by atoms with van der Waals surface area (Å²) in [4.78, 5) is 25.5. The van der Waals surface area contributed by atoms with Crippen molar-refractivity contribution >= 4 is 13.7 Å². The molecule has 434 valence electrons. The lowest BCUT2D eigenvalue weighted by molar-refractivity contribution is -0.870. The molecule has 0 saturated carbocycles. The van der Waals surface area contributed by atoms with Gasteiger partial charge in [0.25, 0.3) is 7.82 Å². The van der Waals surface area contributed by atoms with Gasteiger partial charge in [-0.2, -0.15) is 0 Å². The average molecular weight is 1050 g/mol. The Bertz CT molecular complexity index is 1240. The maximum Gasteiger partial charge on any atom is 0.268 e. The molecule has 0 aliphatic carbocycles. The number of aliphatic hydroxyl groups excluding tert-OH is 1. The summed E-state index contributed by atoms with van der Waals surface area (Å²) in [6.07, 6.45) is 71.5. The number of amides is 1. The molecule has 73 heavy (non-hydrogen) atoms. The number of nitrogens with one attached hydrogen (secondary N) is 1. The molecule has 0 aromatic carbocycles. The van der Waals surface area contributed by atoms with Crippen molar-refractivity contribution in [2.75, 3.05) is 40.9 Å². The van der Waals surface area contributed by atoms with Crippen LogP contribution in [0.4, 0.5) is 0 Å². The van der Waals surface area contributed by atoms with Crippen molar-refractivity contribution < 1.29 is 32.9 Å². The molecule has 0 saturated heterocycles. The van der Waals surface area contributed by atoms with Crippen LogP contribution in [0.3, 0.4) is 0 Å². The molecule has 0 aliphatic rings. The maximum absolute atomic E-state index is 13.0. The van der Waals surface area contributed by atoms with Crippen molar-refractivity contribution in [3.8, 4) is 0 Å². The molecule has 0 spiro atoms. The monoisotopic (exact) mass is 1050 g/mol. The Balaban J connectivity index is 4.10. The van der Waals surface area contributed by atoms with E-state index < -0.39 is 20.0 Å². The van der Waals surface area contributed by atoms with E-state index in [1.54, 1.807) is 6.08 Å². The lowest BCUT2D eigenvalue weighted by Crippen LogP contribution is -2.45. The minimum absolute atomic E-state index is 0.00359. The van der Waals surface area contributed by atoms with E-state index in [1.807, 2.05) is 27.2 Å². The summed E-state index contributed by atoms with van der Waals surface area (Å²) < 4.78 is 23.4. The molecule has 0 aliphatic heterocycles. The third-order valence-electron chi connectivity index (χ3n) is 14.9. The highest BCUT2D eigenvalue weighted by Gasteiger charge is 2.23. The zero-order valence-corrected chi connectivity index (χ0v) is 50.5. The summed E-state index contributed by atoms with van der Waals surface area (Å²) in [7, 11) is 1.26. The highest BCUT2D eigenvalue weighted by Crippen LogP contribution is 2.38. The summed E-state index contributed by atoms with van der Waals surface area (Å²) in [6, 6.07) is -0.901. The van der Waals surface area contributed by atoms with Crippen molar-refractivity contribution in [3.05, 3.63) is 24.3 Å². The van der Waals surface area contributed by atoms with Crippen LogP contribution < -0.4 is 10.2 Å². The fourth-order valence-electron chi connectivity index (χ4n) is 9.88. The molecule has 0 bridgehead atoms. The number of allylic oxidation sites excluding steroid dienone is 3. The number of unbranched alkanes of at least 4 members (excludes halogenated alkanes) is 45. The number of hydrogen-bond acceptors (Lipinski definition) is 6. The molecule has 0 heterocycles. The quantitative estimate of drug-likeness (QED) is 0.0272. The first-order chi connectivity index (χ1) is 35.5. The van der Waals surface area contributed by atoms with E-state index >= 15 is 0 Å². The van der Waals surface area contributed by atoms with Crippen LogP contribution >= 0.6 is 7.82 Å². The van der Waals surface area contributed by atoms with Gasteiger partial charge in [-0.05, 0) is 32.1 Å². The van der Waals surface area contributed by atoms with Crippen molar-refractivity contribution in [3.63, 3.8) is 0 Å². The standard InChI is InChI=1S/C64H127N2O6P/c1-6-8-10-12-14-16-18-20-22-24-26-27-28-29-30-31-32-33-34-35-36-37-38-40-41-43-45-47-49-51-53-55-57-63(67)62(61-72-73(69,70)71-60-59-66(3,4)5)65-64(68)58-56-54-52-50-48-46-44-42-39-25-23-21-19-17-15-13-11-9-7-2/h47,49,55,57,62-63,67H,6-46,48,50-54,56,58-61H2,1-5H3,(H-,65,68,69,70)/b49-47+,57-55+. The first kappa shape index (κ1) is 72.0. The number of hydrogen-bond donors (Lipinski definition) is 2. The van der Waals surface area contributed by atoms with Crippen LogP contribution in [0.15, 0.2) is 24.3 Å². The Morgan fingerprint density at radius 1 is 0.466 bits per heavy atom. The number of phosphoric acid groups is 1. The van der Waals surface area contributed by atoms with E-state index in [1.165, 1.54) is 270 Å². The normalized spacial score (nSPS) is 13.9. The molecule has 3 unspecified atom stereocenters. The maximum atomic E-state index is 13.0. The molecule has 9 heteroatoms. The van der Waals surface area contributed by atoms with Gasteiger partial charge >= 0.3 is 0 Å². The van der Waals surface area contributed by atoms with Crippen LogP contribution in [0.25, 0.3) is 0 Å². The molecule has 8 nitrogen and oxygen atoms in total. The molecular formula is C64H127N2O6P. The molecule has 0 radical (unpaired) electrons. The van der Waals surface area contributed by atoms with Crippen molar-refractivity contribution in [1.82, 2.24) is 5.32 Å². The number of quaternary nitrogens is 1. The highest BCUT2D eigenvalue weighted by atomic mass is 31.2. The van der Waals surface area contributed by atoms with E-state index in [0.29, 0.717) is 17.4 Å². The summed E-state index contributed by atoms with van der Waals surface area (Å²) in [5, 5.41) is 13.9. The van der Waals surface area contributed by atoms with Crippen molar-refractivity contribution in [2.45, 2.75) is 341 Å². The van der Waals surface area contributed by atoms with Gasteiger partial charge in [-0.25, -0.2) is 0 Å². The predicted octanol–water partition coefficient (Wildman–Crippen LogP) is 19.3. The second-order valence-corrected chi connectivity index (χ2v) is 24.9. The summed E-state index contributed by atoms with van der Waals surface area (Å²) >= 11 is 0. The second-order valence-electron chi connectivity index (χ2n) is 23.5. The summed E-state index contributed by atoms with van der Waals surface area (Å²) in [5.41, 5.74) is 0. The second kappa shape index (κ2) is 55.7. The molecule has 0 aromatic heterocycles. The zero-order valence-electron chi connectivity index (χ0n) is 49.6. The summed E-state index contributed by atoms with van der Waals surface area (Å²) in [5.74, 6) is -0.200. The number of carbonyl (C=O) groups is 1. The Kier molecular flexibility index (Phi) is 54.9. The van der Waals surface area contributed by atoms with E-state index in [2.05, 4.69) is 31.3 Å². The third kappa shape index (κ3) is 58.5. The summed E-state index contributed by atoms with van der Waals surface area (Å²) in [6.45, 7) is 4.68. The first-order valence-corrected chi connectivity index (χ1v) is 33.7. The van der Waals surface area contributed by atoms with Gasteiger partial charge in [-0.15, -0.1) is 0 Å². The number of aliphatic hydroxyl groups is 1. The van der Waals surface area contributed by atoms with Crippen LogP contribution in [0, 0.1) is 0 Å². The number of nitrogens with zero attached hydrogens (tertiary/aromatic N) is 1. The highest BCUT2D eigenvalue weighted by molar-refractivity contribution is 7.45. The third-order valence-corrected chi connectivity index (χ3v) is 15.9. The average Bonchev–Trinajstić information content (AvgIpc) is 3.35. The van der Waals surface area contributed by atoms with Crippen LogP contribution in [0.5, 0.6) is 0 Å². The lowest BCUT2D eigenvalue weighted by atomic mass is 10.0. The van der Waals surface area contributed by atoms with E-state index in [9.17, 15) is 19.4 Å². The minimum atomic E-state index is -4.60. The largest absolute Gasteiger partial charge is 0.756 e. The SMILES string of the molecule is CCCCCCCCCCCCCCCCCCCCCCCCCCCC/C=C/CC/C=C/C(O)C(COP(=O)([O-])OCC[N+](C)(C)C)NC(=O)CCCCCCCCCCCCCCCCCCCCC. The van der Waals surface area contributed by atoms with Crippen LogP contribution in [-0.2, 0) is 18.4 Å². The molecule has 0 aromatic rings. The molecule has 3 atom stereocenters. The minimum Gasteiger partial charge on any atom is -0.756 e. The smallest absolute Gasteiger partial charge is 0.268 e. The number of carbonyl (C=O) groups excluding carboxylic acids is 1. The van der Waals surface area contributed by atoms with Gasteiger partial charge in [0, 0.05) is 6.42 Å². The fourth-order valence-corrected chi connectivity index (χ4v) is 10.6. The Morgan fingerprint density at radius 2 is 0.767 bits per heavy atom. The predicted molar refractivity (Wildman–Crippen MR) is 316 cm³/mol. The number of rotatable bonds is 60. The van der Waals surface area contributed by atoms with Gasteiger partial charge in [0.05, 0.1) is 39.9 Å². The van der Waals surface area contributed by atoms with E-state index in [-0.39, 0.29) is 19.1 Å².